The van der Waals surface area contributed by atoms with Crippen LogP contribution >= 0.6 is 24.0 Å². The van der Waals surface area contributed by atoms with Crippen LogP contribution in [0.5, 0.6) is 0 Å². The quantitative estimate of drug-likeness (QED) is 0.899. The highest BCUT2D eigenvalue weighted by atomic mass is 35.5. The summed E-state index contributed by atoms with van der Waals surface area (Å²) in [5, 5.41) is 0.651. The molecule has 1 aromatic carbocycles. The van der Waals surface area contributed by atoms with Gasteiger partial charge in [0.15, 0.2) is 0 Å². The Kier molecular flexibility index (Phi) is 5.25. The molecule has 1 amide bonds. The van der Waals surface area contributed by atoms with Gasteiger partial charge in [0.1, 0.15) is 0 Å². The number of nitrogens with two attached hydrogens (primary N) is 1. The Hall–Kier alpha value is -0.770. The highest BCUT2D eigenvalue weighted by molar-refractivity contribution is 6.30. The molecule has 1 heterocycles. The Morgan fingerprint density at radius 1 is 1.41 bits per heavy atom. The van der Waals surface area contributed by atoms with Gasteiger partial charge in [0, 0.05) is 23.7 Å². The van der Waals surface area contributed by atoms with Gasteiger partial charge in [-0.3, -0.25) is 4.79 Å². The fourth-order valence-corrected chi connectivity index (χ4v) is 2.11. The summed E-state index contributed by atoms with van der Waals surface area (Å²) in [5.74, 6) is 0.531. The molecule has 17 heavy (non-hydrogen) atoms. The molecule has 3 nitrogen and oxygen atoms in total. The topological polar surface area (TPSA) is 46.3 Å². The number of nitrogens with zero attached hydrogens (tertiary/aromatic N) is 1. The fraction of sp³-hybridized carbons (Fsp3) is 0.417. The third kappa shape index (κ3) is 3.35. The van der Waals surface area contributed by atoms with Crippen LogP contribution in [-0.2, 0) is 0 Å². The van der Waals surface area contributed by atoms with Crippen molar-refractivity contribution in [1.29, 1.82) is 0 Å². The van der Waals surface area contributed by atoms with Crippen molar-refractivity contribution in [3.05, 3.63) is 34.9 Å². The summed E-state index contributed by atoms with van der Waals surface area (Å²) in [4.78, 5) is 13.9. The zero-order valence-corrected chi connectivity index (χ0v) is 11.0. The molecule has 2 N–H and O–H groups in total. The third-order valence-corrected chi connectivity index (χ3v) is 3.25. The summed E-state index contributed by atoms with van der Waals surface area (Å²) < 4.78 is 0. The van der Waals surface area contributed by atoms with E-state index in [4.69, 9.17) is 17.3 Å². The Balaban J connectivity index is 0.00000144. The second-order valence-electron chi connectivity index (χ2n) is 4.15. The first kappa shape index (κ1) is 14.3. The second kappa shape index (κ2) is 6.24. The molecule has 1 aliphatic heterocycles. The van der Waals surface area contributed by atoms with Crippen LogP contribution in [-0.4, -0.2) is 30.4 Å². The van der Waals surface area contributed by atoms with Gasteiger partial charge < -0.3 is 10.6 Å². The molecule has 0 spiro atoms. The summed E-state index contributed by atoms with van der Waals surface area (Å²) in [6.07, 6.45) is 1.01. The van der Waals surface area contributed by atoms with Crippen LogP contribution in [0.2, 0.25) is 5.02 Å². The molecule has 0 aromatic heterocycles. The van der Waals surface area contributed by atoms with Gasteiger partial charge in [0.05, 0.1) is 0 Å². The van der Waals surface area contributed by atoms with Gasteiger partial charge in [0.2, 0.25) is 0 Å². The number of carbonyl (C=O) groups is 1. The van der Waals surface area contributed by atoms with E-state index < -0.39 is 0 Å². The number of rotatable bonds is 2. The van der Waals surface area contributed by atoms with E-state index in [-0.39, 0.29) is 18.3 Å². The fourth-order valence-electron chi connectivity index (χ4n) is 1.98. The number of hydrogen-bond acceptors (Lipinski definition) is 2. The van der Waals surface area contributed by atoms with E-state index in [2.05, 4.69) is 0 Å². The lowest BCUT2D eigenvalue weighted by atomic mass is 10.1. The standard InChI is InChI=1S/C12H15ClN2O.ClH/c13-11-3-1-10(2-4-11)12(16)15-6-5-9(7-14)8-15;/h1-4,9H,5-8,14H2;1H. The summed E-state index contributed by atoms with van der Waals surface area (Å²) in [7, 11) is 0. The number of halogens is 2. The molecule has 0 radical (unpaired) electrons. The minimum absolute atomic E-state index is 0. The van der Waals surface area contributed by atoms with Gasteiger partial charge in [-0.05, 0) is 43.1 Å². The molecule has 94 valence electrons. The molecule has 1 unspecified atom stereocenters. The molecule has 1 aromatic rings. The highest BCUT2D eigenvalue weighted by Gasteiger charge is 2.25. The molecule has 0 bridgehead atoms. The number of hydrogen-bond donors (Lipinski definition) is 1. The molecule has 5 heteroatoms. The van der Waals surface area contributed by atoms with Gasteiger partial charge in [-0.25, -0.2) is 0 Å². The van der Waals surface area contributed by atoms with Crippen molar-refractivity contribution in [2.75, 3.05) is 19.6 Å². The van der Waals surface area contributed by atoms with E-state index in [1.807, 2.05) is 4.90 Å². The Morgan fingerprint density at radius 3 is 2.59 bits per heavy atom. The zero-order chi connectivity index (χ0) is 11.5. The van der Waals surface area contributed by atoms with Crippen LogP contribution in [0, 0.1) is 5.92 Å². The minimum Gasteiger partial charge on any atom is -0.338 e. The first-order chi connectivity index (χ1) is 7.70. The maximum atomic E-state index is 12.1. The van der Waals surface area contributed by atoms with Crippen LogP contribution in [0.3, 0.4) is 0 Å². The third-order valence-electron chi connectivity index (χ3n) is 3.00. The van der Waals surface area contributed by atoms with E-state index in [9.17, 15) is 4.79 Å². The van der Waals surface area contributed by atoms with Crippen molar-refractivity contribution in [3.63, 3.8) is 0 Å². The van der Waals surface area contributed by atoms with Crippen LogP contribution in [0.4, 0.5) is 0 Å². The Bertz CT molecular complexity index is 381. The number of benzene rings is 1. The average Bonchev–Trinajstić information content (AvgIpc) is 2.77. The van der Waals surface area contributed by atoms with E-state index in [1.54, 1.807) is 24.3 Å². The van der Waals surface area contributed by atoms with Gasteiger partial charge in [-0.15, -0.1) is 12.4 Å². The van der Waals surface area contributed by atoms with Gasteiger partial charge in [0.25, 0.3) is 5.91 Å². The molecular weight excluding hydrogens is 259 g/mol. The number of carbonyl (C=O) groups excluding carboxylic acids is 1. The molecule has 1 fully saturated rings. The Morgan fingerprint density at radius 2 is 2.06 bits per heavy atom. The lowest BCUT2D eigenvalue weighted by molar-refractivity contribution is 0.0787. The van der Waals surface area contributed by atoms with Crippen molar-refractivity contribution in [1.82, 2.24) is 4.90 Å². The van der Waals surface area contributed by atoms with Crippen molar-refractivity contribution >= 4 is 29.9 Å². The van der Waals surface area contributed by atoms with Gasteiger partial charge in [-0.1, -0.05) is 11.6 Å². The maximum absolute atomic E-state index is 12.1. The summed E-state index contributed by atoms with van der Waals surface area (Å²) in [6.45, 7) is 2.24. The van der Waals surface area contributed by atoms with Crippen molar-refractivity contribution in [2.45, 2.75) is 6.42 Å². The average molecular weight is 275 g/mol. The van der Waals surface area contributed by atoms with Crippen LogP contribution in [0.15, 0.2) is 24.3 Å². The van der Waals surface area contributed by atoms with Gasteiger partial charge >= 0.3 is 0 Å². The summed E-state index contributed by atoms with van der Waals surface area (Å²) in [6, 6.07) is 7.01. The molecule has 1 aliphatic rings. The SMILES string of the molecule is Cl.NCC1CCN(C(=O)c2ccc(Cl)cc2)C1. The summed E-state index contributed by atoms with van der Waals surface area (Å²) in [5.41, 5.74) is 6.30. The normalized spacial score (nSPS) is 18.9. The molecule has 0 aliphatic carbocycles. The number of amides is 1. The monoisotopic (exact) mass is 274 g/mol. The zero-order valence-electron chi connectivity index (χ0n) is 9.43. The van der Waals surface area contributed by atoms with Crippen molar-refractivity contribution in [3.8, 4) is 0 Å². The van der Waals surface area contributed by atoms with Crippen LogP contribution in [0.25, 0.3) is 0 Å². The summed E-state index contributed by atoms with van der Waals surface area (Å²) >= 11 is 5.78. The minimum atomic E-state index is 0. The first-order valence-electron chi connectivity index (χ1n) is 5.45. The lowest BCUT2D eigenvalue weighted by Gasteiger charge is -2.16. The van der Waals surface area contributed by atoms with Gasteiger partial charge in [-0.2, -0.15) is 0 Å². The smallest absolute Gasteiger partial charge is 0.253 e. The maximum Gasteiger partial charge on any atom is 0.253 e. The molecule has 0 saturated carbocycles. The van der Waals surface area contributed by atoms with Crippen LogP contribution in [0.1, 0.15) is 16.8 Å². The van der Waals surface area contributed by atoms with E-state index in [1.165, 1.54) is 0 Å². The van der Waals surface area contributed by atoms with Crippen LogP contribution < -0.4 is 5.73 Å². The molecule has 1 atom stereocenters. The second-order valence-corrected chi connectivity index (χ2v) is 4.58. The van der Waals surface area contributed by atoms with E-state index in [0.29, 0.717) is 23.0 Å². The van der Waals surface area contributed by atoms with E-state index >= 15 is 0 Å². The predicted octanol–water partition coefficient (Wildman–Crippen LogP) is 2.18. The highest BCUT2D eigenvalue weighted by Crippen LogP contribution is 2.18. The Labute approximate surface area is 112 Å². The largest absolute Gasteiger partial charge is 0.338 e. The van der Waals surface area contributed by atoms with E-state index in [0.717, 1.165) is 19.5 Å². The molecule has 2 rings (SSSR count). The number of likely N-dealkylation sites (tertiary alicyclic amines) is 1. The van der Waals surface area contributed by atoms with Crippen molar-refractivity contribution < 1.29 is 4.79 Å². The lowest BCUT2D eigenvalue weighted by Crippen LogP contribution is -2.29. The molecule has 1 saturated heterocycles. The molecular formula is C12H16Cl2N2O. The predicted molar refractivity (Wildman–Crippen MR) is 71.8 cm³/mol. The van der Waals surface area contributed by atoms with Crippen molar-refractivity contribution in [2.24, 2.45) is 11.7 Å². The first-order valence-corrected chi connectivity index (χ1v) is 5.83.